The summed E-state index contributed by atoms with van der Waals surface area (Å²) in [5.74, 6) is 2.44. The largest absolute Gasteiger partial charge is 0.480 e. The van der Waals surface area contributed by atoms with Crippen LogP contribution >= 0.6 is 0 Å². The third-order valence-electron chi connectivity index (χ3n) is 5.99. The SMILES string of the molecule is C#CCOc1ccc2ccccc2c1C=NN1C(=O)[C@H]2[C@H](C1=O)[C@H]1C=C[C@@H]2C1. The number of hydrogen-bond acceptors (Lipinski definition) is 4. The molecule has 5 heteroatoms. The van der Waals surface area contributed by atoms with E-state index >= 15 is 0 Å². The van der Waals surface area contributed by atoms with Crippen LogP contribution in [0, 0.1) is 36.0 Å². The number of rotatable bonds is 4. The number of imide groups is 1. The van der Waals surface area contributed by atoms with E-state index in [0.29, 0.717) is 11.3 Å². The van der Waals surface area contributed by atoms with Crippen LogP contribution in [0.15, 0.2) is 53.7 Å². The molecule has 0 aromatic heterocycles. The minimum absolute atomic E-state index is 0.125. The molecular weight excluding hydrogens is 352 g/mol. The lowest BCUT2D eigenvalue weighted by Gasteiger charge is -2.13. The summed E-state index contributed by atoms with van der Waals surface area (Å²) in [5.41, 5.74) is 0.701. The Morgan fingerprint density at radius 1 is 1.11 bits per heavy atom. The molecule has 1 saturated heterocycles. The molecule has 138 valence electrons. The fraction of sp³-hybridized carbons (Fsp3) is 0.261. The molecule has 2 aromatic carbocycles. The molecule has 2 fully saturated rings. The highest BCUT2D eigenvalue weighted by atomic mass is 16.5. The Kier molecular flexibility index (Phi) is 3.80. The molecule has 3 aliphatic rings. The summed E-state index contributed by atoms with van der Waals surface area (Å²) in [5, 5.41) is 7.28. The predicted octanol–water partition coefficient (Wildman–Crippen LogP) is 2.99. The van der Waals surface area contributed by atoms with Gasteiger partial charge in [0.1, 0.15) is 12.4 Å². The van der Waals surface area contributed by atoms with E-state index < -0.39 is 0 Å². The van der Waals surface area contributed by atoms with Gasteiger partial charge in [0, 0.05) is 5.56 Å². The number of nitrogens with zero attached hydrogens (tertiary/aromatic N) is 2. The minimum Gasteiger partial charge on any atom is -0.480 e. The molecule has 1 heterocycles. The minimum atomic E-state index is -0.260. The van der Waals surface area contributed by atoms with Gasteiger partial charge in [0.25, 0.3) is 11.8 Å². The molecule has 2 amide bonds. The van der Waals surface area contributed by atoms with Gasteiger partial charge in [-0.05, 0) is 35.1 Å². The average molecular weight is 370 g/mol. The summed E-state index contributed by atoms with van der Waals surface area (Å²) in [6, 6.07) is 11.6. The first-order valence-corrected chi connectivity index (χ1v) is 9.37. The first kappa shape index (κ1) is 16.8. The molecule has 0 radical (unpaired) electrons. The standard InChI is InChI=1S/C23H18N2O3/c1-2-11-28-19-10-9-14-5-3-4-6-17(14)18(19)13-24-25-22(26)20-15-7-8-16(12-15)21(20)23(25)27/h1,3-10,13,15-16,20-21H,11-12H2/t15-,16+,20-,21-/m1/s1. The predicted molar refractivity (Wildman–Crippen MR) is 105 cm³/mol. The van der Waals surface area contributed by atoms with Gasteiger partial charge >= 0.3 is 0 Å². The molecule has 2 bridgehead atoms. The van der Waals surface area contributed by atoms with E-state index in [0.717, 1.165) is 22.2 Å². The van der Waals surface area contributed by atoms with Gasteiger partial charge < -0.3 is 4.74 Å². The zero-order chi connectivity index (χ0) is 19.3. The van der Waals surface area contributed by atoms with E-state index in [9.17, 15) is 9.59 Å². The maximum Gasteiger partial charge on any atom is 0.254 e. The fourth-order valence-electron chi connectivity index (χ4n) is 4.77. The van der Waals surface area contributed by atoms with Crippen molar-refractivity contribution in [3.05, 3.63) is 54.1 Å². The molecule has 28 heavy (non-hydrogen) atoms. The lowest BCUT2D eigenvalue weighted by molar-refractivity contribution is -0.140. The van der Waals surface area contributed by atoms with Crippen LogP contribution in [0.3, 0.4) is 0 Å². The van der Waals surface area contributed by atoms with Crippen LogP contribution < -0.4 is 4.74 Å². The fourth-order valence-corrected chi connectivity index (χ4v) is 4.77. The Hall–Kier alpha value is -3.39. The number of carbonyl (C=O) groups excluding carboxylic acids is 2. The Morgan fingerprint density at radius 3 is 2.54 bits per heavy atom. The average Bonchev–Trinajstić information content (AvgIpc) is 3.39. The quantitative estimate of drug-likeness (QED) is 0.360. The summed E-state index contributed by atoms with van der Waals surface area (Å²) < 4.78 is 5.66. The van der Waals surface area contributed by atoms with Crippen LogP contribution in [0.2, 0.25) is 0 Å². The summed E-state index contributed by atoms with van der Waals surface area (Å²) in [7, 11) is 0. The van der Waals surface area contributed by atoms with Crippen molar-refractivity contribution in [3.63, 3.8) is 0 Å². The van der Waals surface area contributed by atoms with E-state index in [2.05, 4.69) is 23.2 Å². The molecule has 5 nitrogen and oxygen atoms in total. The van der Waals surface area contributed by atoms with Gasteiger partial charge in [0.2, 0.25) is 0 Å². The normalized spacial score (nSPS) is 27.8. The molecule has 0 spiro atoms. The first-order valence-electron chi connectivity index (χ1n) is 9.37. The number of benzene rings is 2. The highest BCUT2D eigenvalue weighted by molar-refractivity contribution is 6.08. The van der Waals surface area contributed by atoms with Gasteiger partial charge in [-0.1, -0.05) is 48.4 Å². The Morgan fingerprint density at radius 2 is 1.82 bits per heavy atom. The van der Waals surface area contributed by atoms with Crippen LogP contribution in [-0.4, -0.2) is 29.6 Å². The zero-order valence-corrected chi connectivity index (χ0v) is 15.1. The smallest absolute Gasteiger partial charge is 0.254 e. The molecular formula is C23H18N2O3. The van der Waals surface area contributed by atoms with Crippen molar-refractivity contribution in [2.24, 2.45) is 28.8 Å². The van der Waals surface area contributed by atoms with E-state index in [-0.39, 0.29) is 42.1 Å². The molecule has 5 rings (SSSR count). The van der Waals surface area contributed by atoms with Gasteiger partial charge in [-0.3, -0.25) is 9.59 Å². The molecule has 1 aliphatic heterocycles. The summed E-state index contributed by atoms with van der Waals surface area (Å²) in [4.78, 5) is 25.7. The number of hydrogen-bond donors (Lipinski definition) is 0. The van der Waals surface area contributed by atoms with E-state index in [1.165, 1.54) is 0 Å². The Bertz CT molecular complexity index is 1060. The molecule has 0 unspecified atom stereocenters. The third-order valence-corrected chi connectivity index (χ3v) is 5.99. The van der Waals surface area contributed by atoms with Crippen molar-refractivity contribution < 1.29 is 14.3 Å². The van der Waals surface area contributed by atoms with Gasteiger partial charge in [0.05, 0.1) is 18.1 Å². The topological polar surface area (TPSA) is 59.0 Å². The number of amides is 2. The van der Waals surface area contributed by atoms with Crippen molar-refractivity contribution in [3.8, 4) is 18.1 Å². The molecule has 4 atom stereocenters. The van der Waals surface area contributed by atoms with Crippen molar-refractivity contribution >= 4 is 28.8 Å². The van der Waals surface area contributed by atoms with Crippen LogP contribution in [0.25, 0.3) is 10.8 Å². The number of hydrazone groups is 1. The van der Waals surface area contributed by atoms with Gasteiger partial charge in [-0.2, -0.15) is 10.1 Å². The van der Waals surface area contributed by atoms with Gasteiger partial charge in [-0.25, -0.2) is 0 Å². The van der Waals surface area contributed by atoms with Crippen LogP contribution in [-0.2, 0) is 9.59 Å². The number of ether oxygens (including phenoxy) is 1. The second-order valence-corrected chi connectivity index (χ2v) is 7.42. The number of allylic oxidation sites excluding steroid dienone is 2. The summed E-state index contributed by atoms with van der Waals surface area (Å²) in [6.07, 6.45) is 11.9. The second kappa shape index (κ2) is 6.35. The summed E-state index contributed by atoms with van der Waals surface area (Å²) >= 11 is 0. The van der Waals surface area contributed by atoms with Gasteiger partial charge in [0.15, 0.2) is 0 Å². The van der Waals surface area contributed by atoms with E-state index in [1.807, 2.05) is 36.4 Å². The lowest BCUT2D eigenvalue weighted by atomic mass is 9.85. The van der Waals surface area contributed by atoms with E-state index in [1.54, 1.807) is 6.21 Å². The van der Waals surface area contributed by atoms with Crippen molar-refractivity contribution in [2.45, 2.75) is 6.42 Å². The number of carbonyl (C=O) groups is 2. The van der Waals surface area contributed by atoms with Crippen LogP contribution in [0.5, 0.6) is 5.75 Å². The second-order valence-electron chi connectivity index (χ2n) is 7.42. The zero-order valence-electron chi connectivity index (χ0n) is 15.1. The number of terminal acetylenes is 1. The summed E-state index contributed by atoms with van der Waals surface area (Å²) in [6.45, 7) is 0.125. The molecule has 2 aliphatic carbocycles. The maximum atomic E-state index is 12.8. The number of fused-ring (bicyclic) bond motifs is 6. The lowest BCUT2D eigenvalue weighted by Crippen LogP contribution is -2.28. The highest BCUT2D eigenvalue weighted by Crippen LogP contribution is 2.52. The molecule has 0 N–H and O–H groups in total. The Balaban J connectivity index is 1.52. The monoisotopic (exact) mass is 370 g/mol. The highest BCUT2D eigenvalue weighted by Gasteiger charge is 2.59. The first-order chi connectivity index (χ1) is 13.7. The van der Waals surface area contributed by atoms with Gasteiger partial charge in [-0.15, -0.1) is 6.42 Å². The van der Waals surface area contributed by atoms with Crippen LogP contribution in [0.1, 0.15) is 12.0 Å². The van der Waals surface area contributed by atoms with Crippen LogP contribution in [0.4, 0.5) is 0 Å². The van der Waals surface area contributed by atoms with Crippen molar-refractivity contribution in [1.29, 1.82) is 0 Å². The molecule has 1 saturated carbocycles. The maximum absolute atomic E-state index is 12.8. The van der Waals surface area contributed by atoms with E-state index in [4.69, 9.17) is 11.2 Å². The Labute approximate surface area is 162 Å². The van der Waals surface area contributed by atoms with Crippen molar-refractivity contribution in [1.82, 2.24) is 5.01 Å². The third kappa shape index (κ3) is 2.38. The van der Waals surface area contributed by atoms with Crippen molar-refractivity contribution in [2.75, 3.05) is 6.61 Å². The molecule has 2 aromatic rings.